The van der Waals surface area contributed by atoms with Gasteiger partial charge in [0.2, 0.25) is 0 Å². The fourth-order valence-electron chi connectivity index (χ4n) is 4.66. The monoisotopic (exact) mass is 312 g/mol. The van der Waals surface area contributed by atoms with Gasteiger partial charge in [-0.25, -0.2) is 0 Å². The largest absolute Gasteiger partial charge is 0.365 e. The number of benzene rings is 1. The fourth-order valence-corrected chi connectivity index (χ4v) is 4.66. The topological polar surface area (TPSA) is 27.0 Å². The summed E-state index contributed by atoms with van der Waals surface area (Å²) in [6.07, 6.45) is 0. The van der Waals surface area contributed by atoms with E-state index in [4.69, 9.17) is 0 Å². The second-order valence-corrected chi connectivity index (χ2v) is 9.97. The highest BCUT2D eigenvalue weighted by molar-refractivity contribution is 5.70. The Labute approximate surface area is 142 Å². The van der Waals surface area contributed by atoms with Crippen LogP contribution in [0.5, 0.6) is 0 Å². The lowest BCUT2D eigenvalue weighted by atomic mass is 9.51. The Kier molecular flexibility index (Phi) is 3.88. The molecule has 2 heteroatoms. The van der Waals surface area contributed by atoms with Gasteiger partial charge >= 0.3 is 0 Å². The molecule has 2 nitrogen and oxygen atoms in total. The van der Waals surface area contributed by atoms with E-state index >= 15 is 0 Å². The summed E-state index contributed by atoms with van der Waals surface area (Å²) in [6.45, 7) is 21.7. The van der Waals surface area contributed by atoms with Crippen molar-refractivity contribution in [3.8, 4) is 6.07 Å². The van der Waals surface area contributed by atoms with Crippen LogP contribution in [0.3, 0.4) is 0 Å². The molecule has 0 saturated heterocycles. The summed E-state index contributed by atoms with van der Waals surface area (Å²) < 4.78 is 0. The third-order valence-electron chi connectivity index (χ3n) is 5.65. The van der Waals surface area contributed by atoms with Crippen LogP contribution in [0.2, 0.25) is 0 Å². The van der Waals surface area contributed by atoms with Crippen LogP contribution in [0.1, 0.15) is 73.4 Å². The Morgan fingerprint density at radius 2 is 1.48 bits per heavy atom. The molecule has 0 aliphatic carbocycles. The second-order valence-electron chi connectivity index (χ2n) is 9.97. The first-order valence-electron chi connectivity index (χ1n) is 8.58. The number of anilines is 1. The van der Waals surface area contributed by atoms with Gasteiger partial charge in [0.15, 0.2) is 0 Å². The molecule has 0 fully saturated rings. The number of hydrogen-bond donors (Lipinski definition) is 0. The van der Waals surface area contributed by atoms with Crippen molar-refractivity contribution in [2.75, 3.05) is 11.4 Å². The highest BCUT2D eigenvalue weighted by Crippen LogP contribution is 2.61. The van der Waals surface area contributed by atoms with Gasteiger partial charge in [-0.3, -0.25) is 0 Å². The number of nitrogens with zero attached hydrogens (tertiary/aromatic N) is 2. The maximum Gasteiger partial charge on any atom is 0.0995 e. The molecule has 0 N–H and O–H groups in total. The van der Waals surface area contributed by atoms with Crippen LogP contribution in [0, 0.1) is 22.2 Å². The normalized spacial score (nSPS) is 17.8. The Bertz CT molecular complexity index is 628. The van der Waals surface area contributed by atoms with E-state index in [2.05, 4.69) is 79.3 Å². The Hall–Kier alpha value is -1.49. The van der Waals surface area contributed by atoms with Crippen LogP contribution in [-0.2, 0) is 5.41 Å². The molecule has 0 saturated carbocycles. The van der Waals surface area contributed by atoms with Crippen LogP contribution >= 0.6 is 0 Å². The molecule has 2 rings (SSSR count). The van der Waals surface area contributed by atoms with Crippen molar-refractivity contribution >= 4 is 5.69 Å². The van der Waals surface area contributed by atoms with E-state index < -0.39 is 0 Å². The molecule has 1 aliphatic heterocycles. The summed E-state index contributed by atoms with van der Waals surface area (Å²) in [6, 6.07) is 8.68. The molecule has 0 aromatic heterocycles. The molecule has 0 unspecified atom stereocenters. The maximum absolute atomic E-state index is 9.79. The highest BCUT2D eigenvalue weighted by Gasteiger charge is 2.59. The first-order chi connectivity index (χ1) is 10.3. The SMILES string of the molecule is CC(C)(C)N1CC(C(C)(C)C)(C(C)(C)C)c2c(C#N)cccc21. The summed E-state index contributed by atoms with van der Waals surface area (Å²) in [5, 5.41) is 9.79. The zero-order valence-electron chi connectivity index (χ0n) is 16.3. The van der Waals surface area contributed by atoms with Crippen LogP contribution in [0.25, 0.3) is 0 Å². The number of hydrogen-bond acceptors (Lipinski definition) is 2. The van der Waals surface area contributed by atoms with Gasteiger partial charge in [0, 0.05) is 28.7 Å². The molecule has 0 spiro atoms. The standard InChI is InChI=1S/C21H32N2/c1-18(2,3)21(19(4,5)6)14-23(20(7,8)9)16-12-10-11-15(13-22)17(16)21/h10-12H,14H2,1-9H3. The van der Waals surface area contributed by atoms with E-state index in [0.717, 1.165) is 12.1 Å². The van der Waals surface area contributed by atoms with Crippen molar-refractivity contribution in [1.29, 1.82) is 5.26 Å². The van der Waals surface area contributed by atoms with Gasteiger partial charge in [-0.15, -0.1) is 0 Å². The average Bonchev–Trinajstić information content (AvgIpc) is 2.73. The third kappa shape index (κ3) is 2.45. The summed E-state index contributed by atoms with van der Waals surface area (Å²) >= 11 is 0. The third-order valence-corrected chi connectivity index (χ3v) is 5.65. The predicted octanol–water partition coefficient (Wildman–Crippen LogP) is 5.51. The first-order valence-corrected chi connectivity index (χ1v) is 8.58. The second kappa shape index (κ2) is 5.00. The molecule has 1 aromatic carbocycles. The van der Waals surface area contributed by atoms with Gasteiger partial charge in [0.05, 0.1) is 11.6 Å². The van der Waals surface area contributed by atoms with Crippen LogP contribution in [-0.4, -0.2) is 12.1 Å². The van der Waals surface area contributed by atoms with E-state index in [-0.39, 0.29) is 21.8 Å². The highest BCUT2D eigenvalue weighted by atomic mass is 15.2. The van der Waals surface area contributed by atoms with Gasteiger partial charge in [0.1, 0.15) is 0 Å². The molecule has 1 heterocycles. The van der Waals surface area contributed by atoms with Crippen molar-refractivity contribution in [3.63, 3.8) is 0 Å². The van der Waals surface area contributed by atoms with E-state index in [1.807, 2.05) is 12.1 Å². The number of nitriles is 1. The molecule has 0 amide bonds. The summed E-state index contributed by atoms with van der Waals surface area (Å²) in [5.41, 5.74) is 3.37. The zero-order chi connectivity index (χ0) is 17.8. The summed E-state index contributed by atoms with van der Waals surface area (Å²) in [4.78, 5) is 2.50. The molecular weight excluding hydrogens is 280 g/mol. The van der Waals surface area contributed by atoms with E-state index in [1.165, 1.54) is 11.3 Å². The van der Waals surface area contributed by atoms with Gasteiger partial charge < -0.3 is 4.90 Å². The minimum atomic E-state index is -0.0745. The molecular formula is C21H32N2. The van der Waals surface area contributed by atoms with Crippen molar-refractivity contribution in [2.45, 2.75) is 73.3 Å². The van der Waals surface area contributed by atoms with Crippen LogP contribution < -0.4 is 4.90 Å². The van der Waals surface area contributed by atoms with Gasteiger partial charge in [-0.05, 0) is 43.7 Å². The number of rotatable bonds is 0. The zero-order valence-corrected chi connectivity index (χ0v) is 16.3. The molecule has 1 aliphatic rings. The fraction of sp³-hybridized carbons (Fsp3) is 0.667. The van der Waals surface area contributed by atoms with Crippen molar-refractivity contribution < 1.29 is 0 Å². The molecule has 0 bridgehead atoms. The molecule has 0 atom stereocenters. The number of fused-ring (bicyclic) bond motifs is 1. The van der Waals surface area contributed by atoms with Gasteiger partial charge in [-0.1, -0.05) is 47.6 Å². The van der Waals surface area contributed by atoms with Crippen LogP contribution in [0.4, 0.5) is 5.69 Å². The van der Waals surface area contributed by atoms with E-state index in [9.17, 15) is 5.26 Å². The van der Waals surface area contributed by atoms with Crippen LogP contribution in [0.15, 0.2) is 18.2 Å². The van der Waals surface area contributed by atoms with Crippen molar-refractivity contribution in [2.24, 2.45) is 10.8 Å². The molecule has 23 heavy (non-hydrogen) atoms. The van der Waals surface area contributed by atoms with Crippen molar-refractivity contribution in [1.82, 2.24) is 0 Å². The lowest BCUT2D eigenvalue weighted by molar-refractivity contribution is 0.0633. The molecule has 126 valence electrons. The lowest BCUT2D eigenvalue weighted by Gasteiger charge is -2.53. The molecule has 1 aromatic rings. The minimum absolute atomic E-state index is 0.0288. The van der Waals surface area contributed by atoms with Gasteiger partial charge in [0.25, 0.3) is 0 Å². The van der Waals surface area contributed by atoms with Crippen molar-refractivity contribution in [3.05, 3.63) is 29.3 Å². The molecule has 0 radical (unpaired) electrons. The van der Waals surface area contributed by atoms with E-state index in [0.29, 0.717) is 0 Å². The maximum atomic E-state index is 9.79. The smallest absolute Gasteiger partial charge is 0.0995 e. The van der Waals surface area contributed by atoms with E-state index in [1.54, 1.807) is 0 Å². The summed E-state index contributed by atoms with van der Waals surface area (Å²) in [5.74, 6) is 0. The first kappa shape index (κ1) is 17.9. The summed E-state index contributed by atoms with van der Waals surface area (Å²) in [7, 11) is 0. The Morgan fingerprint density at radius 1 is 0.957 bits per heavy atom. The lowest BCUT2D eigenvalue weighted by Crippen LogP contribution is -2.55. The quantitative estimate of drug-likeness (QED) is 0.632. The van der Waals surface area contributed by atoms with Gasteiger partial charge in [-0.2, -0.15) is 5.26 Å². The Balaban J connectivity index is 2.93. The predicted molar refractivity (Wildman–Crippen MR) is 98.8 cm³/mol. The Morgan fingerprint density at radius 3 is 1.87 bits per heavy atom. The average molecular weight is 313 g/mol. The minimum Gasteiger partial charge on any atom is -0.365 e.